The average Bonchev–Trinajstić information content (AvgIpc) is 3.04. The molecule has 2 aromatic carbocycles. The molecule has 0 amide bonds. The first kappa shape index (κ1) is 20.3. The van der Waals surface area contributed by atoms with E-state index < -0.39 is 13.9 Å². The molecule has 1 fully saturated rings. The normalized spacial score (nSPS) is 18.1. The monoisotopic (exact) mass is 381 g/mol. The lowest BCUT2D eigenvalue weighted by molar-refractivity contribution is 0.0637. The number of hydrogen-bond acceptors (Lipinski definition) is 2. The van der Waals surface area contributed by atoms with Gasteiger partial charge in [0.1, 0.15) is 5.60 Å². The molecule has 0 aromatic heterocycles. The van der Waals surface area contributed by atoms with Crippen molar-refractivity contribution in [3.8, 4) is 0 Å². The summed E-state index contributed by atoms with van der Waals surface area (Å²) in [5.41, 5.74) is 7.37. The van der Waals surface area contributed by atoms with Crippen LogP contribution in [0.2, 0.25) is 19.6 Å². The van der Waals surface area contributed by atoms with E-state index in [1.54, 1.807) is 0 Å². The number of aryl methyl sites for hydroxylation is 4. The van der Waals surface area contributed by atoms with E-state index in [9.17, 15) is 0 Å². The van der Waals surface area contributed by atoms with Crippen molar-refractivity contribution in [3.05, 3.63) is 69.8 Å². The van der Waals surface area contributed by atoms with Crippen molar-refractivity contribution < 1.29 is 4.43 Å². The number of nitrogens with one attached hydrogen (secondary N) is 1. The zero-order valence-electron chi connectivity index (χ0n) is 18.1. The van der Waals surface area contributed by atoms with Crippen molar-refractivity contribution in [3.63, 3.8) is 0 Å². The van der Waals surface area contributed by atoms with E-state index in [2.05, 4.69) is 89.1 Å². The van der Waals surface area contributed by atoms with E-state index in [0.717, 1.165) is 13.0 Å². The molecule has 2 nitrogen and oxygen atoms in total. The fourth-order valence-electron chi connectivity index (χ4n) is 4.65. The molecular formula is C24H35NOSi. The van der Waals surface area contributed by atoms with Crippen molar-refractivity contribution in [1.29, 1.82) is 0 Å². The fourth-order valence-corrected chi connectivity index (χ4v) is 5.99. The summed E-state index contributed by atoms with van der Waals surface area (Å²) in [6, 6.07) is 14.2. The second kappa shape index (κ2) is 7.54. The lowest BCUT2D eigenvalue weighted by atomic mass is 9.77. The van der Waals surface area contributed by atoms with Gasteiger partial charge in [-0.15, -0.1) is 0 Å². The number of benzene rings is 2. The van der Waals surface area contributed by atoms with Crippen LogP contribution in [0.5, 0.6) is 0 Å². The highest BCUT2D eigenvalue weighted by Crippen LogP contribution is 2.43. The van der Waals surface area contributed by atoms with E-state index in [1.165, 1.54) is 39.8 Å². The highest BCUT2D eigenvalue weighted by molar-refractivity contribution is 6.69. The van der Waals surface area contributed by atoms with E-state index in [0.29, 0.717) is 6.04 Å². The third-order valence-electron chi connectivity index (χ3n) is 5.32. The van der Waals surface area contributed by atoms with Crippen LogP contribution in [0.25, 0.3) is 0 Å². The van der Waals surface area contributed by atoms with Gasteiger partial charge in [-0.2, -0.15) is 0 Å². The Labute approximate surface area is 166 Å². The maximum Gasteiger partial charge on any atom is 0.185 e. The van der Waals surface area contributed by atoms with Gasteiger partial charge in [0.25, 0.3) is 0 Å². The van der Waals surface area contributed by atoms with Crippen LogP contribution < -0.4 is 5.32 Å². The first-order chi connectivity index (χ1) is 12.6. The molecule has 1 aliphatic rings. The summed E-state index contributed by atoms with van der Waals surface area (Å²) in [5.74, 6) is 0. The molecule has 1 saturated heterocycles. The lowest BCUT2D eigenvalue weighted by Gasteiger charge is -2.45. The van der Waals surface area contributed by atoms with Gasteiger partial charge in [0.05, 0.1) is 0 Å². The van der Waals surface area contributed by atoms with Gasteiger partial charge in [-0.1, -0.05) is 58.7 Å². The molecule has 0 radical (unpaired) electrons. The largest absolute Gasteiger partial charge is 0.403 e. The molecule has 0 saturated carbocycles. The van der Waals surface area contributed by atoms with Crippen molar-refractivity contribution in [2.24, 2.45) is 0 Å². The minimum Gasteiger partial charge on any atom is -0.403 e. The van der Waals surface area contributed by atoms with Crippen LogP contribution in [-0.4, -0.2) is 20.9 Å². The lowest BCUT2D eigenvalue weighted by Crippen LogP contribution is -2.53. The van der Waals surface area contributed by atoms with Gasteiger partial charge in [-0.3, -0.25) is 0 Å². The first-order valence-corrected chi connectivity index (χ1v) is 13.6. The summed E-state index contributed by atoms with van der Waals surface area (Å²) in [6.07, 6.45) is 2.35. The third-order valence-corrected chi connectivity index (χ3v) is 6.25. The summed E-state index contributed by atoms with van der Waals surface area (Å²) < 4.78 is 7.18. The van der Waals surface area contributed by atoms with Gasteiger partial charge in [-0.25, -0.2) is 0 Å². The van der Waals surface area contributed by atoms with Gasteiger partial charge in [0.15, 0.2) is 8.32 Å². The molecular weight excluding hydrogens is 346 g/mol. The van der Waals surface area contributed by atoms with Crippen molar-refractivity contribution in [2.45, 2.75) is 71.8 Å². The van der Waals surface area contributed by atoms with Gasteiger partial charge < -0.3 is 9.74 Å². The van der Waals surface area contributed by atoms with Crippen LogP contribution in [0.15, 0.2) is 36.4 Å². The van der Waals surface area contributed by atoms with Crippen LogP contribution in [-0.2, 0) is 10.0 Å². The average molecular weight is 382 g/mol. The Morgan fingerprint density at radius 3 is 1.59 bits per heavy atom. The second-order valence-corrected chi connectivity index (χ2v) is 13.8. The minimum absolute atomic E-state index is 0.298. The molecule has 3 heteroatoms. The molecule has 1 atom stereocenters. The zero-order valence-corrected chi connectivity index (χ0v) is 19.1. The molecule has 146 valence electrons. The maximum atomic E-state index is 7.18. The van der Waals surface area contributed by atoms with Crippen LogP contribution >= 0.6 is 0 Å². The topological polar surface area (TPSA) is 21.3 Å². The van der Waals surface area contributed by atoms with E-state index in [1.807, 2.05) is 0 Å². The van der Waals surface area contributed by atoms with Crippen molar-refractivity contribution in [2.75, 3.05) is 6.54 Å². The molecule has 0 spiro atoms. The molecule has 0 aliphatic carbocycles. The SMILES string of the molecule is Cc1cc(C)cc(C(O[Si](C)(C)C)(c2cc(C)cc(C)c2)C2CCCN2)c1. The third kappa shape index (κ3) is 4.36. The van der Waals surface area contributed by atoms with Gasteiger partial charge in [0, 0.05) is 6.04 Å². The minimum atomic E-state index is -1.84. The molecule has 0 bridgehead atoms. The highest BCUT2D eigenvalue weighted by atomic mass is 28.4. The summed E-state index contributed by atoms with van der Waals surface area (Å²) >= 11 is 0. The van der Waals surface area contributed by atoms with Gasteiger partial charge in [-0.05, 0) is 77.8 Å². The van der Waals surface area contributed by atoms with Gasteiger partial charge >= 0.3 is 0 Å². The molecule has 27 heavy (non-hydrogen) atoms. The zero-order chi connectivity index (χ0) is 19.8. The smallest absolute Gasteiger partial charge is 0.185 e. The Morgan fingerprint density at radius 2 is 1.26 bits per heavy atom. The van der Waals surface area contributed by atoms with Crippen LogP contribution in [0.3, 0.4) is 0 Å². The van der Waals surface area contributed by atoms with Crippen LogP contribution in [0, 0.1) is 27.7 Å². The Balaban J connectivity index is 2.33. The summed E-state index contributed by atoms with van der Waals surface area (Å²) in [5, 5.41) is 3.79. The highest BCUT2D eigenvalue weighted by Gasteiger charge is 2.47. The predicted molar refractivity (Wildman–Crippen MR) is 118 cm³/mol. The molecule has 1 aliphatic heterocycles. The first-order valence-electron chi connectivity index (χ1n) is 10.2. The van der Waals surface area contributed by atoms with Crippen LogP contribution in [0.1, 0.15) is 46.2 Å². The quantitative estimate of drug-likeness (QED) is 0.664. The summed E-state index contributed by atoms with van der Waals surface area (Å²) in [4.78, 5) is 0. The molecule has 1 unspecified atom stereocenters. The predicted octanol–water partition coefficient (Wildman–Crippen LogP) is 5.77. The summed E-state index contributed by atoms with van der Waals surface area (Å²) in [7, 11) is -1.84. The van der Waals surface area contributed by atoms with Crippen LogP contribution in [0.4, 0.5) is 0 Å². The second-order valence-electron chi connectivity index (χ2n) is 9.35. The number of rotatable bonds is 5. The Hall–Kier alpha value is -1.42. The maximum absolute atomic E-state index is 7.18. The van der Waals surface area contributed by atoms with E-state index in [-0.39, 0.29) is 0 Å². The molecule has 1 heterocycles. The van der Waals surface area contributed by atoms with E-state index in [4.69, 9.17) is 4.43 Å². The van der Waals surface area contributed by atoms with Gasteiger partial charge in [0.2, 0.25) is 0 Å². The molecule has 1 N–H and O–H groups in total. The number of hydrogen-bond donors (Lipinski definition) is 1. The molecule has 3 rings (SSSR count). The summed E-state index contributed by atoms with van der Waals surface area (Å²) in [6.45, 7) is 16.8. The van der Waals surface area contributed by atoms with E-state index >= 15 is 0 Å². The standard InChI is InChI=1S/C24H35NOSi/c1-17-11-18(2)14-21(13-17)24(26-27(5,6)7,23-9-8-10-25-23)22-15-19(3)12-20(4)16-22/h11-16,23,25H,8-10H2,1-7H3. The Bertz CT molecular complexity index is 724. The molecule has 2 aromatic rings. The fraction of sp³-hybridized carbons (Fsp3) is 0.500. The van der Waals surface area contributed by atoms with Crippen molar-refractivity contribution in [1.82, 2.24) is 5.32 Å². The Morgan fingerprint density at radius 1 is 0.815 bits per heavy atom. The van der Waals surface area contributed by atoms with Crippen molar-refractivity contribution >= 4 is 8.32 Å². The Kier molecular flexibility index (Phi) is 5.67.